The van der Waals surface area contributed by atoms with E-state index in [2.05, 4.69) is 27.2 Å². The molecule has 3 rings (SSSR count). The third-order valence-corrected chi connectivity index (χ3v) is 4.70. The summed E-state index contributed by atoms with van der Waals surface area (Å²) in [5.41, 5.74) is 2.71. The van der Waals surface area contributed by atoms with Crippen LogP contribution < -0.4 is 5.32 Å². The molecule has 7 nitrogen and oxygen atoms in total. The molecule has 3 heterocycles. The van der Waals surface area contributed by atoms with Gasteiger partial charge >= 0.3 is 0 Å². The van der Waals surface area contributed by atoms with Gasteiger partial charge < -0.3 is 10.1 Å². The van der Waals surface area contributed by atoms with Crippen LogP contribution in [-0.4, -0.2) is 58.4 Å². The van der Waals surface area contributed by atoms with Gasteiger partial charge in [-0.1, -0.05) is 13.3 Å². The van der Waals surface area contributed by atoms with E-state index in [1.165, 1.54) is 0 Å². The van der Waals surface area contributed by atoms with Crippen LogP contribution in [0.25, 0.3) is 0 Å². The first-order valence-corrected chi connectivity index (χ1v) is 9.22. The molecule has 1 aliphatic heterocycles. The van der Waals surface area contributed by atoms with Crippen LogP contribution in [0.4, 0.5) is 0 Å². The standard InChI is InChI=1S/C19H27N5O2/c1-3-4-16-13-17(23(2)22-16)19(25)21-14-18(15-5-7-20-8-6-15)24-9-11-26-12-10-24/h5-8,13,18H,3-4,9-12,14H2,1-2H3,(H,21,25)/t18-/m0/s1. The fourth-order valence-electron chi connectivity index (χ4n) is 3.33. The van der Waals surface area contributed by atoms with E-state index in [4.69, 9.17) is 4.74 Å². The lowest BCUT2D eigenvalue weighted by molar-refractivity contribution is 0.0162. The van der Waals surface area contributed by atoms with Gasteiger partial charge in [-0.25, -0.2) is 0 Å². The third kappa shape index (κ3) is 4.47. The highest BCUT2D eigenvalue weighted by atomic mass is 16.5. The first-order chi connectivity index (χ1) is 12.7. The normalized spacial score (nSPS) is 16.4. The second-order valence-corrected chi connectivity index (χ2v) is 6.55. The molecule has 1 aliphatic rings. The topological polar surface area (TPSA) is 72.3 Å². The Labute approximate surface area is 154 Å². The number of carbonyl (C=O) groups excluding carboxylic acids is 1. The van der Waals surface area contributed by atoms with E-state index in [0.29, 0.717) is 12.2 Å². The zero-order valence-electron chi connectivity index (χ0n) is 15.5. The molecule has 1 amide bonds. The summed E-state index contributed by atoms with van der Waals surface area (Å²) in [5, 5.41) is 7.51. The van der Waals surface area contributed by atoms with Gasteiger partial charge in [-0.05, 0) is 30.2 Å². The molecule has 0 unspecified atom stereocenters. The number of rotatable bonds is 7. The summed E-state index contributed by atoms with van der Waals surface area (Å²) in [5.74, 6) is -0.0883. The highest BCUT2D eigenvalue weighted by Crippen LogP contribution is 2.20. The van der Waals surface area contributed by atoms with Gasteiger partial charge in [0, 0.05) is 39.1 Å². The summed E-state index contributed by atoms with van der Waals surface area (Å²) in [7, 11) is 1.82. The first-order valence-electron chi connectivity index (χ1n) is 9.22. The Bertz CT molecular complexity index is 710. The molecular weight excluding hydrogens is 330 g/mol. The summed E-state index contributed by atoms with van der Waals surface area (Å²) >= 11 is 0. The van der Waals surface area contributed by atoms with Crippen molar-refractivity contribution in [2.45, 2.75) is 25.8 Å². The van der Waals surface area contributed by atoms with Gasteiger partial charge in [0.25, 0.3) is 5.91 Å². The first kappa shape index (κ1) is 18.5. The molecule has 0 spiro atoms. The fourth-order valence-corrected chi connectivity index (χ4v) is 3.33. The van der Waals surface area contributed by atoms with Crippen LogP contribution in [0.2, 0.25) is 0 Å². The monoisotopic (exact) mass is 357 g/mol. The Morgan fingerprint density at radius 3 is 2.73 bits per heavy atom. The average Bonchev–Trinajstić information content (AvgIpc) is 3.04. The van der Waals surface area contributed by atoms with Gasteiger partial charge in [0.2, 0.25) is 0 Å². The van der Waals surface area contributed by atoms with E-state index < -0.39 is 0 Å². The van der Waals surface area contributed by atoms with Gasteiger partial charge in [-0.2, -0.15) is 5.10 Å². The van der Waals surface area contributed by atoms with Crippen molar-refractivity contribution in [1.29, 1.82) is 0 Å². The number of nitrogens with one attached hydrogen (secondary N) is 1. The number of amides is 1. The maximum absolute atomic E-state index is 12.7. The Hall–Kier alpha value is -2.25. The molecule has 0 saturated carbocycles. The van der Waals surface area contributed by atoms with Gasteiger partial charge in [0.05, 0.1) is 24.9 Å². The molecule has 140 valence electrons. The fraction of sp³-hybridized carbons (Fsp3) is 0.526. The minimum absolute atomic E-state index is 0.0883. The van der Waals surface area contributed by atoms with Crippen LogP contribution in [0.1, 0.15) is 41.1 Å². The van der Waals surface area contributed by atoms with E-state index >= 15 is 0 Å². The van der Waals surface area contributed by atoms with Crippen LogP contribution in [0.5, 0.6) is 0 Å². The summed E-state index contributed by atoms with van der Waals surface area (Å²) in [6, 6.07) is 6.01. The van der Waals surface area contributed by atoms with Crippen LogP contribution >= 0.6 is 0 Å². The third-order valence-electron chi connectivity index (χ3n) is 4.70. The van der Waals surface area contributed by atoms with Crippen molar-refractivity contribution in [3.63, 3.8) is 0 Å². The molecule has 1 N–H and O–H groups in total. The summed E-state index contributed by atoms with van der Waals surface area (Å²) in [6.45, 7) is 5.80. The summed E-state index contributed by atoms with van der Waals surface area (Å²) < 4.78 is 7.13. The second kappa shape index (κ2) is 8.91. The van der Waals surface area contributed by atoms with Crippen molar-refractivity contribution in [1.82, 2.24) is 25.0 Å². The Morgan fingerprint density at radius 2 is 2.04 bits per heavy atom. The van der Waals surface area contributed by atoms with Crippen LogP contribution in [0.15, 0.2) is 30.6 Å². The summed E-state index contributed by atoms with van der Waals surface area (Å²) in [6.07, 6.45) is 5.49. The largest absolute Gasteiger partial charge is 0.379 e. The van der Waals surface area contributed by atoms with Crippen molar-refractivity contribution < 1.29 is 9.53 Å². The highest BCUT2D eigenvalue weighted by Gasteiger charge is 2.24. The number of pyridine rings is 1. The van der Waals surface area contributed by atoms with Crippen molar-refractivity contribution in [2.75, 3.05) is 32.8 Å². The number of hydrogen-bond acceptors (Lipinski definition) is 5. The van der Waals surface area contributed by atoms with E-state index in [1.807, 2.05) is 25.2 Å². The van der Waals surface area contributed by atoms with Crippen molar-refractivity contribution >= 4 is 5.91 Å². The molecule has 0 bridgehead atoms. The van der Waals surface area contributed by atoms with Crippen LogP contribution in [0, 0.1) is 0 Å². The SMILES string of the molecule is CCCc1cc(C(=O)NC[C@@H](c2ccncc2)N2CCOCC2)n(C)n1. The maximum Gasteiger partial charge on any atom is 0.269 e. The van der Waals surface area contributed by atoms with E-state index in [1.54, 1.807) is 17.1 Å². The van der Waals surface area contributed by atoms with Crippen molar-refractivity contribution in [3.8, 4) is 0 Å². The average molecular weight is 357 g/mol. The molecule has 1 atom stereocenters. The zero-order valence-corrected chi connectivity index (χ0v) is 15.5. The number of aromatic nitrogens is 3. The predicted molar refractivity (Wildman–Crippen MR) is 98.9 cm³/mol. The molecule has 1 saturated heterocycles. The van der Waals surface area contributed by atoms with Crippen LogP contribution in [-0.2, 0) is 18.2 Å². The van der Waals surface area contributed by atoms with Crippen molar-refractivity contribution in [3.05, 3.63) is 47.5 Å². The number of ether oxygens (including phenoxy) is 1. The van der Waals surface area contributed by atoms with Gasteiger partial charge in [0.15, 0.2) is 0 Å². The summed E-state index contributed by atoms with van der Waals surface area (Å²) in [4.78, 5) is 19.1. The number of hydrogen-bond donors (Lipinski definition) is 1. The number of morpholine rings is 1. The Morgan fingerprint density at radius 1 is 1.31 bits per heavy atom. The Balaban J connectivity index is 1.70. The molecule has 0 radical (unpaired) electrons. The lowest BCUT2D eigenvalue weighted by atomic mass is 10.1. The molecule has 0 aromatic carbocycles. The lowest BCUT2D eigenvalue weighted by Gasteiger charge is -2.34. The quantitative estimate of drug-likeness (QED) is 0.814. The zero-order chi connectivity index (χ0) is 18.4. The van der Waals surface area contributed by atoms with Crippen LogP contribution in [0.3, 0.4) is 0 Å². The number of nitrogens with zero attached hydrogens (tertiary/aromatic N) is 4. The van der Waals surface area contributed by atoms with E-state index in [0.717, 1.165) is 50.4 Å². The minimum atomic E-state index is -0.0883. The Kier molecular flexibility index (Phi) is 6.35. The molecule has 7 heteroatoms. The second-order valence-electron chi connectivity index (χ2n) is 6.55. The molecule has 1 fully saturated rings. The van der Waals surface area contributed by atoms with Gasteiger partial charge in [0.1, 0.15) is 5.69 Å². The highest BCUT2D eigenvalue weighted by molar-refractivity contribution is 5.92. The van der Waals surface area contributed by atoms with E-state index in [-0.39, 0.29) is 11.9 Å². The molecule has 0 aliphatic carbocycles. The van der Waals surface area contributed by atoms with Crippen molar-refractivity contribution in [2.24, 2.45) is 7.05 Å². The predicted octanol–water partition coefficient (Wildman–Crippen LogP) is 1.57. The molecule has 2 aromatic heterocycles. The smallest absolute Gasteiger partial charge is 0.269 e. The number of aryl methyl sites for hydroxylation is 2. The van der Waals surface area contributed by atoms with Gasteiger partial charge in [-0.15, -0.1) is 0 Å². The number of carbonyl (C=O) groups is 1. The molecule has 2 aromatic rings. The molecular formula is C19H27N5O2. The van der Waals surface area contributed by atoms with Gasteiger partial charge in [-0.3, -0.25) is 19.4 Å². The minimum Gasteiger partial charge on any atom is -0.379 e. The lowest BCUT2D eigenvalue weighted by Crippen LogP contribution is -2.44. The van der Waals surface area contributed by atoms with E-state index in [9.17, 15) is 4.79 Å². The maximum atomic E-state index is 12.7. The molecule has 26 heavy (non-hydrogen) atoms.